The molecule has 0 unspecified atom stereocenters. The number of rotatable bonds is 5. The van der Waals surface area contributed by atoms with Crippen LogP contribution in [0.25, 0.3) is 0 Å². The van der Waals surface area contributed by atoms with Crippen molar-refractivity contribution in [2.75, 3.05) is 13.1 Å². The summed E-state index contributed by atoms with van der Waals surface area (Å²) in [5.74, 6) is 0.551. The predicted molar refractivity (Wildman–Crippen MR) is 89.5 cm³/mol. The number of nitrogens with one attached hydrogen (secondary N) is 1. The Kier molecular flexibility index (Phi) is 4.67. The van der Waals surface area contributed by atoms with Crippen molar-refractivity contribution in [1.82, 2.24) is 9.62 Å². The molecule has 1 aromatic rings. The van der Waals surface area contributed by atoms with Crippen LogP contribution in [-0.2, 0) is 20.6 Å². The van der Waals surface area contributed by atoms with Gasteiger partial charge in [0.2, 0.25) is 15.9 Å². The number of sulfonamides is 1. The molecule has 2 atom stereocenters. The maximum atomic E-state index is 12.7. The summed E-state index contributed by atoms with van der Waals surface area (Å²) in [4.78, 5) is 11.4. The highest BCUT2D eigenvalue weighted by atomic mass is 35.5. The summed E-state index contributed by atoms with van der Waals surface area (Å²) in [7, 11) is -3.45. The molecule has 1 aliphatic carbocycles. The Balaban J connectivity index is 1.75. The summed E-state index contributed by atoms with van der Waals surface area (Å²) >= 11 is 6.08. The lowest BCUT2D eigenvalue weighted by Gasteiger charge is -2.18. The number of carbonyl (C=O) groups is 1. The van der Waals surface area contributed by atoms with Crippen molar-refractivity contribution >= 4 is 27.5 Å². The number of hydrogen-bond acceptors (Lipinski definition) is 3. The number of benzene rings is 1. The van der Waals surface area contributed by atoms with Crippen LogP contribution in [0, 0.1) is 11.8 Å². The van der Waals surface area contributed by atoms with Crippen LogP contribution in [0.15, 0.2) is 24.3 Å². The van der Waals surface area contributed by atoms with Gasteiger partial charge in [-0.15, -0.1) is 0 Å². The summed E-state index contributed by atoms with van der Waals surface area (Å²) in [5.41, 5.74) is 0.611. The topological polar surface area (TPSA) is 66.5 Å². The van der Waals surface area contributed by atoms with E-state index < -0.39 is 10.0 Å². The first-order valence-electron chi connectivity index (χ1n) is 7.85. The zero-order valence-corrected chi connectivity index (χ0v) is 14.6. The summed E-state index contributed by atoms with van der Waals surface area (Å²) < 4.78 is 27.0. The van der Waals surface area contributed by atoms with Gasteiger partial charge in [0.05, 0.1) is 5.75 Å². The molecule has 1 amide bonds. The third-order valence-corrected chi connectivity index (χ3v) is 6.77. The Hall–Kier alpha value is -1.11. The highest BCUT2D eigenvalue weighted by molar-refractivity contribution is 7.88. The number of halogens is 1. The van der Waals surface area contributed by atoms with Crippen molar-refractivity contribution in [3.63, 3.8) is 0 Å². The molecule has 2 aliphatic rings. The molecule has 0 spiro atoms. The molecule has 1 N–H and O–H groups in total. The Bertz CT molecular complexity index is 703. The van der Waals surface area contributed by atoms with E-state index in [0.29, 0.717) is 29.6 Å². The summed E-state index contributed by atoms with van der Waals surface area (Å²) in [5, 5.41) is 3.38. The Labute approximate surface area is 142 Å². The second-order valence-electron chi connectivity index (χ2n) is 6.47. The molecule has 1 aliphatic heterocycles. The van der Waals surface area contributed by atoms with Crippen molar-refractivity contribution in [2.24, 2.45) is 11.8 Å². The van der Waals surface area contributed by atoms with Crippen molar-refractivity contribution in [2.45, 2.75) is 31.6 Å². The minimum Gasteiger partial charge on any atom is -0.352 e. The fourth-order valence-corrected chi connectivity index (χ4v) is 5.23. The first-order chi connectivity index (χ1) is 10.9. The van der Waals surface area contributed by atoms with Crippen LogP contribution in [-0.4, -0.2) is 37.8 Å². The average molecular weight is 357 g/mol. The van der Waals surface area contributed by atoms with Crippen LogP contribution < -0.4 is 5.32 Å². The van der Waals surface area contributed by atoms with Gasteiger partial charge in [0, 0.05) is 31.1 Å². The van der Waals surface area contributed by atoms with Gasteiger partial charge in [0.25, 0.3) is 0 Å². The number of amides is 1. The smallest absolute Gasteiger partial charge is 0.218 e. The van der Waals surface area contributed by atoms with E-state index in [-0.39, 0.29) is 23.6 Å². The van der Waals surface area contributed by atoms with Crippen molar-refractivity contribution in [3.05, 3.63) is 34.9 Å². The van der Waals surface area contributed by atoms with Crippen LogP contribution >= 0.6 is 11.6 Å². The molecule has 0 radical (unpaired) electrons. The fraction of sp³-hybridized carbons (Fsp3) is 0.562. The second-order valence-corrected chi connectivity index (χ2v) is 8.85. The summed E-state index contributed by atoms with van der Waals surface area (Å²) in [6.07, 6.45) is 2.25. The molecular weight excluding hydrogens is 336 g/mol. The van der Waals surface area contributed by atoms with Gasteiger partial charge in [-0.25, -0.2) is 8.42 Å². The molecule has 3 rings (SSSR count). The van der Waals surface area contributed by atoms with Gasteiger partial charge in [0.15, 0.2) is 0 Å². The van der Waals surface area contributed by atoms with Crippen molar-refractivity contribution in [1.29, 1.82) is 0 Å². The van der Waals surface area contributed by atoms with Gasteiger partial charge < -0.3 is 5.32 Å². The lowest BCUT2D eigenvalue weighted by molar-refractivity contribution is -0.119. The monoisotopic (exact) mass is 356 g/mol. The van der Waals surface area contributed by atoms with E-state index in [1.165, 1.54) is 11.2 Å². The third-order valence-electron chi connectivity index (χ3n) is 4.64. The van der Waals surface area contributed by atoms with Gasteiger partial charge in [-0.3, -0.25) is 4.79 Å². The van der Waals surface area contributed by atoms with Gasteiger partial charge >= 0.3 is 0 Å². The molecule has 1 saturated carbocycles. The van der Waals surface area contributed by atoms with Crippen LogP contribution in [0.5, 0.6) is 0 Å². The van der Waals surface area contributed by atoms with E-state index in [1.807, 2.05) is 0 Å². The normalized spacial score (nSPS) is 25.5. The maximum Gasteiger partial charge on any atom is 0.218 e. The number of hydrogen-bond donors (Lipinski definition) is 1. The highest BCUT2D eigenvalue weighted by Gasteiger charge is 2.45. The molecule has 0 bridgehead atoms. The maximum absolute atomic E-state index is 12.7. The highest BCUT2D eigenvalue weighted by Crippen LogP contribution is 2.42. The fourth-order valence-electron chi connectivity index (χ4n) is 3.34. The first-order valence-corrected chi connectivity index (χ1v) is 9.84. The zero-order valence-electron chi connectivity index (χ0n) is 13.0. The van der Waals surface area contributed by atoms with E-state index in [2.05, 4.69) is 5.32 Å². The van der Waals surface area contributed by atoms with Crippen LogP contribution in [0.4, 0.5) is 0 Å². The zero-order chi connectivity index (χ0) is 16.6. The molecule has 23 heavy (non-hydrogen) atoms. The molecule has 0 aromatic heterocycles. The van der Waals surface area contributed by atoms with E-state index in [0.717, 1.165) is 12.8 Å². The number of nitrogens with zero attached hydrogens (tertiary/aromatic N) is 1. The molecule has 2 fully saturated rings. The predicted octanol–water partition coefficient (Wildman–Crippen LogP) is 2.02. The van der Waals surface area contributed by atoms with E-state index >= 15 is 0 Å². The molecule has 1 saturated heterocycles. The first kappa shape index (κ1) is 16.7. The van der Waals surface area contributed by atoms with Gasteiger partial charge in [-0.2, -0.15) is 4.31 Å². The Morgan fingerprint density at radius 1 is 1.30 bits per heavy atom. The summed E-state index contributed by atoms with van der Waals surface area (Å²) in [6.45, 7) is 2.32. The molecule has 5 nitrogen and oxygen atoms in total. The third kappa shape index (κ3) is 3.87. The molecule has 7 heteroatoms. The van der Waals surface area contributed by atoms with E-state index in [4.69, 9.17) is 11.6 Å². The quantitative estimate of drug-likeness (QED) is 0.877. The minimum atomic E-state index is -3.45. The van der Waals surface area contributed by atoms with Crippen molar-refractivity contribution in [3.8, 4) is 0 Å². The van der Waals surface area contributed by atoms with Gasteiger partial charge in [-0.05, 0) is 36.3 Å². The minimum absolute atomic E-state index is 0.0824. The summed E-state index contributed by atoms with van der Waals surface area (Å²) in [6, 6.07) is 6.92. The lowest BCUT2D eigenvalue weighted by Crippen LogP contribution is -2.40. The van der Waals surface area contributed by atoms with Crippen molar-refractivity contribution < 1.29 is 13.2 Å². The molecular formula is C16H21ClN2O3S. The molecule has 1 aromatic carbocycles. The van der Waals surface area contributed by atoms with Gasteiger partial charge in [-0.1, -0.05) is 29.8 Å². The Morgan fingerprint density at radius 3 is 2.61 bits per heavy atom. The van der Waals surface area contributed by atoms with E-state index in [9.17, 15) is 13.2 Å². The van der Waals surface area contributed by atoms with Gasteiger partial charge in [0.1, 0.15) is 0 Å². The van der Waals surface area contributed by atoms with E-state index in [1.54, 1.807) is 24.3 Å². The SMILES string of the molecule is CC(=O)N[C@@H]1CN(S(=O)(=O)Cc2ccccc2Cl)C[C@H]1C1CC1. The average Bonchev–Trinajstić information content (AvgIpc) is 3.22. The second kappa shape index (κ2) is 6.42. The number of carbonyl (C=O) groups excluding carboxylic acids is 1. The standard InChI is InChI=1S/C16H21ClN2O3S/c1-11(20)18-16-9-19(8-14(16)12-6-7-12)23(21,22)10-13-4-2-3-5-15(13)17/h2-5,12,14,16H,6-10H2,1H3,(H,18,20)/t14-,16+/m0/s1. The van der Waals surface area contributed by atoms with Crippen LogP contribution in [0.2, 0.25) is 5.02 Å². The lowest BCUT2D eigenvalue weighted by atomic mass is 9.98. The molecule has 1 heterocycles. The Morgan fingerprint density at radius 2 is 2.00 bits per heavy atom. The molecule has 126 valence electrons. The van der Waals surface area contributed by atoms with Crippen LogP contribution in [0.1, 0.15) is 25.3 Å². The van der Waals surface area contributed by atoms with Crippen LogP contribution in [0.3, 0.4) is 0 Å². The largest absolute Gasteiger partial charge is 0.352 e.